The fourth-order valence-corrected chi connectivity index (χ4v) is 1.69. The molecule has 0 saturated carbocycles. The van der Waals surface area contributed by atoms with E-state index < -0.39 is 6.61 Å². The Labute approximate surface area is 114 Å². The fourth-order valence-electron chi connectivity index (χ4n) is 1.69. The Morgan fingerprint density at radius 3 is 2.75 bits per heavy atom. The second-order valence-corrected chi connectivity index (χ2v) is 4.21. The van der Waals surface area contributed by atoms with Gasteiger partial charge in [0.1, 0.15) is 5.75 Å². The topological polar surface area (TPSA) is 56.1 Å². The molecule has 0 spiro atoms. The van der Waals surface area contributed by atoms with Gasteiger partial charge in [-0.2, -0.15) is 13.9 Å². The van der Waals surface area contributed by atoms with Gasteiger partial charge in [-0.25, -0.2) is 0 Å². The first-order valence-corrected chi connectivity index (χ1v) is 5.81. The number of alkyl halides is 2. The van der Waals surface area contributed by atoms with Gasteiger partial charge in [0.25, 0.3) is 5.91 Å². The summed E-state index contributed by atoms with van der Waals surface area (Å²) in [5.74, 6) is -0.263. The molecule has 1 heterocycles. The number of nitrogens with zero attached hydrogens (tertiary/aromatic N) is 2. The Bertz CT molecular complexity index is 626. The van der Waals surface area contributed by atoms with Crippen LogP contribution >= 0.6 is 0 Å². The van der Waals surface area contributed by atoms with Gasteiger partial charge in [0.05, 0.1) is 11.8 Å². The summed E-state index contributed by atoms with van der Waals surface area (Å²) in [4.78, 5) is 11.9. The maximum Gasteiger partial charge on any atom is 0.387 e. The van der Waals surface area contributed by atoms with Crippen molar-refractivity contribution in [2.75, 3.05) is 5.32 Å². The van der Waals surface area contributed by atoms with Crippen molar-refractivity contribution in [3.63, 3.8) is 0 Å². The van der Waals surface area contributed by atoms with Crippen LogP contribution in [0, 0.1) is 6.92 Å². The third-order valence-electron chi connectivity index (χ3n) is 2.64. The van der Waals surface area contributed by atoms with Crippen LogP contribution in [0.5, 0.6) is 5.75 Å². The van der Waals surface area contributed by atoms with E-state index in [1.54, 1.807) is 20.2 Å². The summed E-state index contributed by atoms with van der Waals surface area (Å²) >= 11 is 0. The third-order valence-corrected chi connectivity index (χ3v) is 2.64. The average molecular weight is 281 g/mol. The lowest BCUT2D eigenvalue weighted by atomic mass is 10.2. The van der Waals surface area contributed by atoms with Gasteiger partial charge in [-0.3, -0.25) is 9.48 Å². The molecule has 5 nitrogen and oxygen atoms in total. The Balaban J connectivity index is 2.11. The van der Waals surface area contributed by atoms with Crippen molar-refractivity contribution in [3.8, 4) is 5.75 Å². The molecule has 1 aromatic carbocycles. The largest absolute Gasteiger partial charge is 0.435 e. The second-order valence-electron chi connectivity index (χ2n) is 4.21. The van der Waals surface area contributed by atoms with Crippen LogP contribution < -0.4 is 10.1 Å². The van der Waals surface area contributed by atoms with Crippen LogP contribution in [0.2, 0.25) is 0 Å². The zero-order chi connectivity index (χ0) is 14.7. The quantitative estimate of drug-likeness (QED) is 0.937. The lowest BCUT2D eigenvalue weighted by Gasteiger charge is -2.10. The molecule has 1 aromatic heterocycles. The Morgan fingerprint density at radius 2 is 2.20 bits per heavy atom. The van der Waals surface area contributed by atoms with Gasteiger partial charge >= 0.3 is 6.61 Å². The van der Waals surface area contributed by atoms with E-state index in [9.17, 15) is 13.6 Å². The number of halogens is 2. The van der Waals surface area contributed by atoms with Crippen LogP contribution in [0.25, 0.3) is 0 Å². The predicted octanol–water partition coefficient (Wildman–Crippen LogP) is 2.58. The maximum atomic E-state index is 12.1. The molecule has 0 aliphatic rings. The third kappa shape index (κ3) is 3.31. The Hall–Kier alpha value is -2.44. The van der Waals surface area contributed by atoms with E-state index in [-0.39, 0.29) is 11.7 Å². The molecule has 7 heteroatoms. The number of hydrogen-bond donors (Lipinski definition) is 1. The molecule has 0 atom stereocenters. The average Bonchev–Trinajstić information content (AvgIpc) is 2.78. The van der Waals surface area contributed by atoms with Gasteiger partial charge < -0.3 is 10.1 Å². The van der Waals surface area contributed by atoms with Crippen molar-refractivity contribution >= 4 is 11.6 Å². The van der Waals surface area contributed by atoms with Crippen LogP contribution in [-0.2, 0) is 7.05 Å². The van der Waals surface area contributed by atoms with E-state index in [0.29, 0.717) is 16.8 Å². The lowest BCUT2D eigenvalue weighted by molar-refractivity contribution is -0.0498. The second kappa shape index (κ2) is 5.68. The molecule has 20 heavy (non-hydrogen) atoms. The molecule has 0 bridgehead atoms. The van der Waals surface area contributed by atoms with Crippen LogP contribution in [0.15, 0.2) is 30.6 Å². The molecule has 106 valence electrons. The minimum atomic E-state index is -2.87. The molecule has 0 saturated heterocycles. The summed E-state index contributed by atoms with van der Waals surface area (Å²) in [6, 6.07) is 4.32. The summed E-state index contributed by atoms with van der Waals surface area (Å²) in [6.45, 7) is -1.18. The lowest BCUT2D eigenvalue weighted by Crippen LogP contribution is -2.12. The van der Waals surface area contributed by atoms with Crippen LogP contribution in [0.4, 0.5) is 14.5 Å². The number of nitrogens with one attached hydrogen (secondary N) is 1. The fraction of sp³-hybridized carbons (Fsp3) is 0.231. The number of anilines is 1. The first kappa shape index (κ1) is 14.0. The molecular weight excluding hydrogens is 268 g/mol. The Morgan fingerprint density at radius 1 is 1.45 bits per heavy atom. The number of ether oxygens (including phenoxy) is 1. The zero-order valence-corrected chi connectivity index (χ0v) is 10.9. The minimum Gasteiger partial charge on any atom is -0.435 e. The number of aryl methyl sites for hydroxylation is 2. The first-order chi connectivity index (χ1) is 9.45. The van der Waals surface area contributed by atoms with Crippen molar-refractivity contribution in [1.29, 1.82) is 0 Å². The van der Waals surface area contributed by atoms with E-state index in [4.69, 9.17) is 0 Å². The number of benzene rings is 1. The van der Waals surface area contributed by atoms with Gasteiger partial charge in [-0.1, -0.05) is 0 Å². The van der Waals surface area contributed by atoms with Crippen LogP contribution in [0.1, 0.15) is 15.9 Å². The van der Waals surface area contributed by atoms with Gasteiger partial charge in [-0.05, 0) is 30.7 Å². The summed E-state index contributed by atoms with van der Waals surface area (Å²) in [5.41, 5.74) is 1.57. The van der Waals surface area contributed by atoms with E-state index in [1.165, 1.54) is 29.1 Å². The number of hydrogen-bond acceptors (Lipinski definition) is 3. The van der Waals surface area contributed by atoms with E-state index in [1.807, 2.05) is 0 Å². The van der Waals surface area contributed by atoms with E-state index >= 15 is 0 Å². The smallest absolute Gasteiger partial charge is 0.387 e. The van der Waals surface area contributed by atoms with Gasteiger partial charge in [0.2, 0.25) is 0 Å². The standard InChI is InChI=1S/C13H13F2N3O2/c1-8-5-10(20-13(14)15)3-4-11(8)17-12(19)9-6-16-18(2)7-9/h3-7,13H,1-2H3,(H,17,19). The molecular formula is C13H13F2N3O2. The molecule has 0 radical (unpaired) electrons. The molecule has 2 aromatic rings. The van der Waals surface area contributed by atoms with E-state index in [2.05, 4.69) is 15.2 Å². The van der Waals surface area contributed by atoms with Crippen molar-refractivity contribution in [1.82, 2.24) is 9.78 Å². The predicted molar refractivity (Wildman–Crippen MR) is 69.0 cm³/mol. The SMILES string of the molecule is Cc1cc(OC(F)F)ccc1NC(=O)c1cnn(C)c1. The van der Waals surface area contributed by atoms with Crippen molar-refractivity contribution in [2.45, 2.75) is 13.5 Å². The normalized spacial score (nSPS) is 10.7. The molecule has 0 unspecified atom stereocenters. The molecule has 0 aliphatic heterocycles. The highest BCUT2D eigenvalue weighted by atomic mass is 19.3. The number of aromatic nitrogens is 2. The molecule has 1 amide bonds. The Kier molecular flexibility index (Phi) is 3.97. The van der Waals surface area contributed by atoms with Crippen molar-refractivity contribution in [2.24, 2.45) is 7.05 Å². The number of carbonyl (C=O) groups is 1. The zero-order valence-electron chi connectivity index (χ0n) is 10.9. The van der Waals surface area contributed by atoms with Gasteiger partial charge in [0, 0.05) is 18.9 Å². The number of carbonyl (C=O) groups excluding carboxylic acids is 1. The van der Waals surface area contributed by atoms with Crippen LogP contribution in [0.3, 0.4) is 0 Å². The highest BCUT2D eigenvalue weighted by molar-refractivity contribution is 6.04. The summed E-state index contributed by atoms with van der Waals surface area (Å²) in [7, 11) is 1.71. The molecule has 0 aliphatic carbocycles. The summed E-state index contributed by atoms with van der Waals surface area (Å²) in [6.07, 6.45) is 3.03. The highest BCUT2D eigenvalue weighted by Crippen LogP contribution is 2.23. The summed E-state index contributed by atoms with van der Waals surface area (Å²) < 4.78 is 30.0. The van der Waals surface area contributed by atoms with E-state index in [0.717, 1.165) is 0 Å². The number of amides is 1. The monoisotopic (exact) mass is 281 g/mol. The minimum absolute atomic E-state index is 0.0527. The van der Waals surface area contributed by atoms with Gasteiger partial charge in [0.15, 0.2) is 0 Å². The van der Waals surface area contributed by atoms with Gasteiger partial charge in [-0.15, -0.1) is 0 Å². The number of rotatable bonds is 4. The molecule has 0 fully saturated rings. The molecule has 1 N–H and O–H groups in total. The molecule has 2 rings (SSSR count). The first-order valence-electron chi connectivity index (χ1n) is 5.81. The van der Waals surface area contributed by atoms with Crippen molar-refractivity contribution in [3.05, 3.63) is 41.7 Å². The summed E-state index contributed by atoms with van der Waals surface area (Å²) in [5, 5.41) is 6.59. The van der Waals surface area contributed by atoms with Crippen LogP contribution in [-0.4, -0.2) is 22.3 Å². The highest BCUT2D eigenvalue weighted by Gasteiger charge is 2.11. The maximum absolute atomic E-state index is 12.1. The van der Waals surface area contributed by atoms with Crippen molar-refractivity contribution < 1.29 is 18.3 Å².